The first-order valence-corrected chi connectivity index (χ1v) is 10.3. The summed E-state index contributed by atoms with van der Waals surface area (Å²) in [6, 6.07) is 3.38. The number of carbonyl (C=O) groups is 5. The summed E-state index contributed by atoms with van der Waals surface area (Å²) in [5.41, 5.74) is -0.184. The summed E-state index contributed by atoms with van der Waals surface area (Å²) in [6.07, 6.45) is -0.730. The highest BCUT2D eigenvalue weighted by molar-refractivity contribution is 6.00. The van der Waals surface area contributed by atoms with Crippen molar-refractivity contribution < 1.29 is 33.4 Å². The molecule has 1 rings (SSSR count). The maximum absolute atomic E-state index is 12.5. The van der Waals surface area contributed by atoms with Crippen molar-refractivity contribution in [3.8, 4) is 0 Å². The zero-order valence-electron chi connectivity index (χ0n) is 19.9. The number of alkyl carbamates (subject to hydrolysis) is 1. The Balaban J connectivity index is 2.71. The smallest absolute Gasteiger partial charge is 0.408 e. The number of hydrogen-bond donors (Lipinski definition) is 4. The van der Waals surface area contributed by atoms with Gasteiger partial charge in [-0.25, -0.2) is 9.59 Å². The summed E-state index contributed by atoms with van der Waals surface area (Å²) in [6.45, 7) is 9.54. The third kappa shape index (κ3) is 9.58. The van der Waals surface area contributed by atoms with Crippen molar-refractivity contribution in [2.75, 3.05) is 12.4 Å². The van der Waals surface area contributed by atoms with Crippen LogP contribution in [0.2, 0.25) is 0 Å². The SMILES string of the molecule is COC(=O)[C@@H](C)NC(=O)[C@H](C)NC(=O)c1cccc(NC(=O)[C@H](C)NC(=O)OC(C)(C)C)c1. The molecule has 3 atom stereocenters. The first kappa shape index (κ1) is 27.4. The number of amides is 4. The highest BCUT2D eigenvalue weighted by atomic mass is 16.6. The van der Waals surface area contributed by atoms with E-state index >= 15 is 0 Å². The van der Waals surface area contributed by atoms with Gasteiger partial charge in [0.1, 0.15) is 23.7 Å². The van der Waals surface area contributed by atoms with Crippen LogP contribution < -0.4 is 21.3 Å². The predicted octanol–water partition coefficient (Wildman–Crippen LogP) is 1.33. The Labute approximate surface area is 193 Å². The molecule has 0 radical (unpaired) electrons. The van der Waals surface area contributed by atoms with Crippen LogP contribution in [-0.4, -0.2) is 60.6 Å². The number of methoxy groups -OCH3 is 1. The van der Waals surface area contributed by atoms with Crippen molar-refractivity contribution in [2.45, 2.75) is 65.3 Å². The van der Waals surface area contributed by atoms with Gasteiger partial charge in [0.25, 0.3) is 5.91 Å². The number of nitrogens with one attached hydrogen (secondary N) is 4. The summed E-state index contributed by atoms with van der Waals surface area (Å²) in [7, 11) is 1.20. The van der Waals surface area contributed by atoms with E-state index in [0.717, 1.165) is 0 Å². The van der Waals surface area contributed by atoms with Gasteiger partial charge in [0, 0.05) is 11.3 Å². The molecule has 11 nitrogen and oxygen atoms in total. The Bertz CT molecular complexity index is 895. The molecular weight excluding hydrogens is 432 g/mol. The zero-order valence-corrected chi connectivity index (χ0v) is 19.9. The standard InChI is InChI=1S/C22H32N4O7/c1-12(17(27)24-14(3)20(30)32-7)23-19(29)15-9-8-10-16(11-15)26-18(28)13(2)25-21(31)33-22(4,5)6/h8-14H,1-7H3,(H,23,29)(H,24,27)(H,25,31)(H,26,28)/t12-,13-,14+/m0/s1. The van der Waals surface area contributed by atoms with Gasteiger partial charge in [-0.2, -0.15) is 0 Å². The Hall–Kier alpha value is -3.63. The lowest BCUT2D eigenvalue weighted by Crippen LogP contribution is -2.49. The van der Waals surface area contributed by atoms with Crippen molar-refractivity contribution >= 4 is 35.5 Å². The highest BCUT2D eigenvalue weighted by Crippen LogP contribution is 2.12. The molecule has 0 aliphatic rings. The average Bonchev–Trinajstić information content (AvgIpc) is 2.71. The number of carbonyl (C=O) groups excluding carboxylic acids is 5. The molecule has 0 fully saturated rings. The Morgan fingerprint density at radius 3 is 2.03 bits per heavy atom. The molecule has 182 valence electrons. The van der Waals surface area contributed by atoms with E-state index in [0.29, 0.717) is 5.69 Å². The lowest BCUT2D eigenvalue weighted by molar-refractivity contribution is -0.144. The molecule has 0 bridgehead atoms. The molecule has 0 aliphatic heterocycles. The van der Waals surface area contributed by atoms with E-state index in [2.05, 4.69) is 26.0 Å². The van der Waals surface area contributed by atoms with Crippen LogP contribution in [0.3, 0.4) is 0 Å². The number of benzene rings is 1. The molecule has 0 heterocycles. The fraction of sp³-hybridized carbons (Fsp3) is 0.500. The molecular formula is C22H32N4O7. The van der Waals surface area contributed by atoms with E-state index in [4.69, 9.17) is 4.74 Å². The van der Waals surface area contributed by atoms with Crippen LogP contribution in [0.1, 0.15) is 51.9 Å². The van der Waals surface area contributed by atoms with E-state index < -0.39 is 53.5 Å². The van der Waals surface area contributed by atoms with E-state index in [9.17, 15) is 24.0 Å². The Morgan fingerprint density at radius 1 is 0.848 bits per heavy atom. The number of ether oxygens (including phenoxy) is 2. The van der Waals surface area contributed by atoms with E-state index in [1.165, 1.54) is 40.0 Å². The fourth-order valence-corrected chi connectivity index (χ4v) is 2.46. The monoisotopic (exact) mass is 464 g/mol. The van der Waals surface area contributed by atoms with Crippen LogP contribution in [0.15, 0.2) is 24.3 Å². The normalized spacial score (nSPS) is 13.5. The van der Waals surface area contributed by atoms with Crippen molar-refractivity contribution in [2.24, 2.45) is 0 Å². The Kier molecular flexibility index (Phi) is 9.83. The van der Waals surface area contributed by atoms with Gasteiger partial charge in [0.05, 0.1) is 7.11 Å². The molecule has 0 aromatic heterocycles. The minimum Gasteiger partial charge on any atom is -0.467 e. The van der Waals surface area contributed by atoms with E-state index in [-0.39, 0.29) is 5.56 Å². The Morgan fingerprint density at radius 2 is 1.45 bits per heavy atom. The van der Waals surface area contributed by atoms with Crippen LogP contribution in [0.25, 0.3) is 0 Å². The fourth-order valence-electron chi connectivity index (χ4n) is 2.46. The topological polar surface area (TPSA) is 152 Å². The third-order valence-corrected chi connectivity index (χ3v) is 4.17. The maximum Gasteiger partial charge on any atom is 0.408 e. The van der Waals surface area contributed by atoms with Gasteiger partial charge in [-0.15, -0.1) is 0 Å². The van der Waals surface area contributed by atoms with Crippen molar-refractivity contribution in [1.29, 1.82) is 0 Å². The van der Waals surface area contributed by atoms with Crippen molar-refractivity contribution in [1.82, 2.24) is 16.0 Å². The summed E-state index contributed by atoms with van der Waals surface area (Å²) < 4.78 is 9.66. The van der Waals surface area contributed by atoms with E-state index in [1.54, 1.807) is 32.9 Å². The van der Waals surface area contributed by atoms with Crippen LogP contribution >= 0.6 is 0 Å². The van der Waals surface area contributed by atoms with Crippen LogP contribution in [-0.2, 0) is 23.9 Å². The van der Waals surface area contributed by atoms with Gasteiger partial charge in [0.2, 0.25) is 11.8 Å². The average molecular weight is 465 g/mol. The molecule has 0 aliphatic carbocycles. The van der Waals surface area contributed by atoms with Gasteiger partial charge in [-0.3, -0.25) is 14.4 Å². The van der Waals surface area contributed by atoms with E-state index in [1.807, 2.05) is 0 Å². The number of rotatable bonds is 8. The molecule has 1 aromatic carbocycles. The quantitative estimate of drug-likeness (QED) is 0.424. The first-order valence-electron chi connectivity index (χ1n) is 10.3. The summed E-state index contributed by atoms with van der Waals surface area (Å²) in [5.74, 6) is -2.24. The van der Waals surface area contributed by atoms with Gasteiger partial charge in [0.15, 0.2) is 0 Å². The molecule has 1 aromatic rings. The molecule has 0 spiro atoms. The predicted molar refractivity (Wildman–Crippen MR) is 120 cm³/mol. The van der Waals surface area contributed by atoms with Crippen molar-refractivity contribution in [3.63, 3.8) is 0 Å². The molecule has 0 unspecified atom stereocenters. The second-order valence-corrected chi connectivity index (χ2v) is 8.39. The summed E-state index contributed by atoms with van der Waals surface area (Å²) >= 11 is 0. The number of anilines is 1. The minimum atomic E-state index is -0.930. The lowest BCUT2D eigenvalue weighted by atomic mass is 10.1. The molecule has 4 N–H and O–H groups in total. The van der Waals surface area contributed by atoms with Gasteiger partial charge in [-0.1, -0.05) is 6.07 Å². The lowest BCUT2D eigenvalue weighted by Gasteiger charge is -2.21. The highest BCUT2D eigenvalue weighted by Gasteiger charge is 2.23. The molecule has 0 saturated carbocycles. The summed E-state index contributed by atoms with van der Waals surface area (Å²) in [5, 5.41) is 9.99. The van der Waals surface area contributed by atoms with Crippen LogP contribution in [0, 0.1) is 0 Å². The largest absolute Gasteiger partial charge is 0.467 e. The third-order valence-electron chi connectivity index (χ3n) is 4.17. The van der Waals surface area contributed by atoms with Gasteiger partial charge >= 0.3 is 12.1 Å². The second kappa shape index (κ2) is 11.8. The first-order chi connectivity index (χ1) is 15.2. The van der Waals surface area contributed by atoms with Crippen LogP contribution in [0.4, 0.5) is 10.5 Å². The van der Waals surface area contributed by atoms with Crippen LogP contribution in [0.5, 0.6) is 0 Å². The molecule has 11 heteroatoms. The second-order valence-electron chi connectivity index (χ2n) is 8.39. The van der Waals surface area contributed by atoms with Gasteiger partial charge < -0.3 is 30.7 Å². The maximum atomic E-state index is 12.5. The van der Waals surface area contributed by atoms with Crippen molar-refractivity contribution in [3.05, 3.63) is 29.8 Å². The number of esters is 1. The summed E-state index contributed by atoms with van der Waals surface area (Å²) in [4.78, 5) is 60.3. The number of hydrogen-bond acceptors (Lipinski definition) is 7. The molecule has 33 heavy (non-hydrogen) atoms. The zero-order chi connectivity index (χ0) is 25.3. The molecule has 4 amide bonds. The van der Waals surface area contributed by atoms with Gasteiger partial charge in [-0.05, 0) is 59.7 Å². The molecule has 0 saturated heterocycles. The minimum absolute atomic E-state index is 0.196.